The molecule has 122 valence electrons. The van der Waals surface area contributed by atoms with Gasteiger partial charge in [-0.1, -0.05) is 19.8 Å². The van der Waals surface area contributed by atoms with Crippen LogP contribution in [-0.4, -0.2) is 36.3 Å². The van der Waals surface area contributed by atoms with Crippen LogP contribution in [0.5, 0.6) is 0 Å². The Morgan fingerprint density at radius 3 is 2.10 bits per heavy atom. The van der Waals surface area contributed by atoms with E-state index in [1.54, 1.807) is 0 Å². The van der Waals surface area contributed by atoms with Gasteiger partial charge in [0.25, 0.3) is 0 Å². The second-order valence-electron chi connectivity index (χ2n) is 5.33. The normalized spacial score (nSPS) is 13.6. The Morgan fingerprint density at radius 1 is 0.950 bits per heavy atom. The van der Waals surface area contributed by atoms with Crippen LogP contribution in [0, 0.1) is 0 Å². The Balaban J connectivity index is 3.84. The molecule has 0 saturated heterocycles. The minimum absolute atomic E-state index is 0.315. The van der Waals surface area contributed by atoms with Crippen molar-refractivity contribution < 1.29 is 12.6 Å². The van der Waals surface area contributed by atoms with Gasteiger partial charge in [0, 0.05) is 0 Å². The fraction of sp³-hybridized carbons (Fsp3) is 1.00. The summed E-state index contributed by atoms with van der Waals surface area (Å²) in [6.07, 6.45) is 10.7. The van der Waals surface area contributed by atoms with Crippen molar-refractivity contribution in [2.75, 3.05) is 6.61 Å². The summed E-state index contributed by atoms with van der Waals surface area (Å²) in [4.78, 5) is 0. The molecule has 0 heterocycles. The molecule has 0 aromatic heterocycles. The Kier molecular flexibility index (Phi) is 13.4. The van der Waals surface area contributed by atoms with Crippen LogP contribution in [0.1, 0.15) is 78.1 Å². The summed E-state index contributed by atoms with van der Waals surface area (Å²) in [6, 6.07) is 0. The third kappa shape index (κ3) is 10.2. The van der Waals surface area contributed by atoms with E-state index in [2.05, 4.69) is 22.9 Å². The standard InChI is InChI=1S/C15H32O3SSe/c1-3-5-6-7-8-9-10-12-15(4-2)19(16,17)18-13-11-14-20/h15,20H,3-14H2,1-2H3. The predicted molar refractivity (Wildman–Crippen MR) is 88.1 cm³/mol. The van der Waals surface area contributed by atoms with E-state index in [0.717, 1.165) is 31.0 Å². The molecule has 5 heteroatoms. The van der Waals surface area contributed by atoms with E-state index in [1.807, 2.05) is 6.92 Å². The van der Waals surface area contributed by atoms with Gasteiger partial charge < -0.3 is 0 Å². The molecular formula is C15H32O3SSe. The van der Waals surface area contributed by atoms with Crippen molar-refractivity contribution in [1.82, 2.24) is 0 Å². The second kappa shape index (κ2) is 13.1. The van der Waals surface area contributed by atoms with Gasteiger partial charge in [0.05, 0.1) is 0 Å². The van der Waals surface area contributed by atoms with E-state index >= 15 is 0 Å². The van der Waals surface area contributed by atoms with E-state index in [0.29, 0.717) is 13.0 Å². The molecule has 20 heavy (non-hydrogen) atoms. The van der Waals surface area contributed by atoms with Crippen molar-refractivity contribution in [3.8, 4) is 0 Å². The minimum atomic E-state index is -3.35. The van der Waals surface area contributed by atoms with Gasteiger partial charge in [-0.3, -0.25) is 0 Å². The van der Waals surface area contributed by atoms with Gasteiger partial charge in [-0.05, 0) is 0 Å². The Bertz CT molecular complexity index is 304. The molecular weight excluding hydrogens is 339 g/mol. The molecule has 0 fully saturated rings. The summed E-state index contributed by atoms with van der Waals surface area (Å²) in [7, 11) is -3.35. The summed E-state index contributed by atoms with van der Waals surface area (Å²) >= 11 is 2.45. The maximum absolute atomic E-state index is 12.0. The van der Waals surface area contributed by atoms with E-state index < -0.39 is 10.1 Å². The van der Waals surface area contributed by atoms with Gasteiger partial charge in [0.2, 0.25) is 0 Å². The van der Waals surface area contributed by atoms with Crippen molar-refractivity contribution in [3.63, 3.8) is 0 Å². The first-order chi connectivity index (χ1) is 9.58. The summed E-state index contributed by atoms with van der Waals surface area (Å²) in [5.74, 6) is 0. The predicted octanol–water partition coefficient (Wildman–Crippen LogP) is 3.96. The molecule has 0 radical (unpaired) electrons. The van der Waals surface area contributed by atoms with Crippen molar-refractivity contribution in [2.45, 2.75) is 88.6 Å². The van der Waals surface area contributed by atoms with Crippen LogP contribution in [0.2, 0.25) is 5.32 Å². The van der Waals surface area contributed by atoms with Crippen LogP contribution in [0.4, 0.5) is 0 Å². The molecule has 0 aromatic rings. The third-order valence-electron chi connectivity index (χ3n) is 3.54. The van der Waals surface area contributed by atoms with Gasteiger partial charge in [0.1, 0.15) is 0 Å². The van der Waals surface area contributed by atoms with Gasteiger partial charge in [-0.2, -0.15) is 0 Å². The van der Waals surface area contributed by atoms with E-state index in [4.69, 9.17) is 4.18 Å². The first kappa shape index (κ1) is 20.4. The number of rotatable bonds is 14. The SMILES string of the molecule is CCCCCCCCCC(CC)S(=O)(=O)OCCC[SeH]. The van der Waals surface area contributed by atoms with E-state index in [9.17, 15) is 8.42 Å². The van der Waals surface area contributed by atoms with Crippen LogP contribution in [0.25, 0.3) is 0 Å². The summed E-state index contributed by atoms with van der Waals surface area (Å²) in [5, 5.41) is 0.585. The van der Waals surface area contributed by atoms with Crippen LogP contribution < -0.4 is 0 Å². The molecule has 1 unspecified atom stereocenters. The molecule has 3 nitrogen and oxygen atoms in total. The molecule has 0 saturated carbocycles. The number of unbranched alkanes of at least 4 members (excludes halogenated alkanes) is 6. The van der Waals surface area contributed by atoms with Crippen molar-refractivity contribution in [1.29, 1.82) is 0 Å². The molecule has 0 rings (SSSR count). The van der Waals surface area contributed by atoms with Gasteiger partial charge in [0.15, 0.2) is 0 Å². The zero-order valence-electron chi connectivity index (χ0n) is 13.1. The Hall–Kier alpha value is 0.429. The zero-order chi connectivity index (χ0) is 15.3. The average molecular weight is 371 g/mol. The monoisotopic (exact) mass is 372 g/mol. The summed E-state index contributed by atoms with van der Waals surface area (Å²) in [5.41, 5.74) is 0. The fourth-order valence-corrected chi connectivity index (χ4v) is 3.89. The molecule has 0 aliphatic rings. The van der Waals surface area contributed by atoms with Crippen LogP contribution in [0.15, 0.2) is 0 Å². The van der Waals surface area contributed by atoms with E-state index in [1.165, 1.54) is 32.1 Å². The van der Waals surface area contributed by atoms with Crippen LogP contribution >= 0.6 is 0 Å². The molecule has 0 spiro atoms. The average Bonchev–Trinajstić information content (AvgIpc) is 2.42. The van der Waals surface area contributed by atoms with Crippen LogP contribution in [0.3, 0.4) is 0 Å². The molecule has 0 bridgehead atoms. The van der Waals surface area contributed by atoms with E-state index in [-0.39, 0.29) is 5.25 Å². The number of hydrogen-bond donors (Lipinski definition) is 0. The first-order valence-corrected chi connectivity index (χ1v) is 10.9. The Labute approximate surface area is 134 Å². The molecule has 0 aromatic carbocycles. The molecule has 0 aliphatic heterocycles. The van der Waals surface area contributed by atoms with Crippen molar-refractivity contribution in [3.05, 3.63) is 0 Å². The van der Waals surface area contributed by atoms with Gasteiger partial charge in [-0.25, -0.2) is 0 Å². The van der Waals surface area contributed by atoms with Crippen molar-refractivity contribution >= 4 is 26.1 Å². The third-order valence-corrected chi connectivity index (χ3v) is 6.09. The molecule has 0 aliphatic carbocycles. The van der Waals surface area contributed by atoms with Gasteiger partial charge >= 0.3 is 114 Å². The second-order valence-corrected chi connectivity index (χ2v) is 8.16. The van der Waals surface area contributed by atoms with Crippen LogP contribution in [-0.2, 0) is 14.3 Å². The maximum atomic E-state index is 12.0. The fourth-order valence-electron chi connectivity index (χ4n) is 2.22. The number of hydrogen-bond acceptors (Lipinski definition) is 3. The van der Waals surface area contributed by atoms with Crippen molar-refractivity contribution in [2.24, 2.45) is 0 Å². The zero-order valence-corrected chi connectivity index (χ0v) is 15.8. The first-order valence-electron chi connectivity index (χ1n) is 8.07. The molecule has 1 atom stereocenters. The quantitative estimate of drug-likeness (QED) is 0.264. The molecule has 0 amide bonds. The van der Waals surface area contributed by atoms with Gasteiger partial charge in [-0.15, -0.1) is 0 Å². The summed E-state index contributed by atoms with van der Waals surface area (Å²) < 4.78 is 29.1. The summed E-state index contributed by atoms with van der Waals surface area (Å²) in [6.45, 7) is 4.47. The Morgan fingerprint density at radius 2 is 1.55 bits per heavy atom. The topological polar surface area (TPSA) is 43.4 Å². The molecule has 0 N–H and O–H groups in total.